The van der Waals surface area contributed by atoms with Crippen LogP contribution < -0.4 is 10.1 Å². The van der Waals surface area contributed by atoms with Crippen molar-refractivity contribution >= 4 is 16.9 Å². The highest BCUT2D eigenvalue weighted by Crippen LogP contribution is 2.21. The molecule has 1 amide bonds. The third-order valence-electron chi connectivity index (χ3n) is 4.00. The van der Waals surface area contributed by atoms with E-state index < -0.39 is 5.54 Å². The lowest BCUT2D eigenvalue weighted by atomic mass is 10.0. The third kappa shape index (κ3) is 4.01. The number of carbonyl (C=O) groups excluding carboxylic acids is 1. The molecule has 132 valence electrons. The molecule has 3 aromatic rings. The summed E-state index contributed by atoms with van der Waals surface area (Å²) in [6, 6.07) is 16.9. The molecule has 6 heteroatoms. The molecule has 3 rings (SSSR count). The van der Waals surface area contributed by atoms with E-state index in [1.807, 2.05) is 50.2 Å². The maximum Gasteiger partial charge on any atom is 0.225 e. The van der Waals surface area contributed by atoms with Crippen LogP contribution in [0.3, 0.4) is 0 Å². The summed E-state index contributed by atoms with van der Waals surface area (Å²) < 4.78 is 5.27. The first-order chi connectivity index (χ1) is 12.5. The number of nitrogens with zero attached hydrogens (tertiary/aromatic N) is 2. The average Bonchev–Trinajstić information content (AvgIpc) is 3.05. The number of hydrogen-bond acceptors (Lipinski definition) is 4. The van der Waals surface area contributed by atoms with Crippen LogP contribution in [-0.4, -0.2) is 22.5 Å². The summed E-state index contributed by atoms with van der Waals surface area (Å²) in [6.45, 7) is 3.80. The molecule has 1 heterocycles. The van der Waals surface area contributed by atoms with Crippen LogP contribution in [0, 0.1) is 11.3 Å². The molecule has 0 spiro atoms. The number of fused-ring (bicyclic) bond motifs is 1. The van der Waals surface area contributed by atoms with Crippen LogP contribution >= 0.6 is 0 Å². The van der Waals surface area contributed by atoms with Gasteiger partial charge in [-0.1, -0.05) is 24.3 Å². The molecule has 0 aliphatic heterocycles. The van der Waals surface area contributed by atoms with Crippen molar-refractivity contribution in [1.82, 2.24) is 15.3 Å². The molecule has 0 fully saturated rings. The molecule has 0 atom stereocenters. The van der Waals surface area contributed by atoms with Crippen molar-refractivity contribution in [2.45, 2.75) is 25.8 Å². The predicted molar refractivity (Wildman–Crippen MR) is 98.5 cm³/mol. The highest BCUT2D eigenvalue weighted by atomic mass is 16.5. The van der Waals surface area contributed by atoms with E-state index in [1.165, 1.54) is 0 Å². The van der Waals surface area contributed by atoms with Gasteiger partial charge in [0.15, 0.2) is 6.61 Å². The van der Waals surface area contributed by atoms with Crippen molar-refractivity contribution in [3.63, 3.8) is 0 Å². The number of benzene rings is 2. The zero-order valence-electron chi connectivity index (χ0n) is 14.7. The molecule has 0 saturated carbocycles. The minimum absolute atomic E-state index is 0.0191. The SMILES string of the molecule is CC(C)(NC(=O)Cc1cccc(OCC#N)c1)c1nc2ccccc2[nH]1. The fourth-order valence-corrected chi connectivity index (χ4v) is 2.75. The van der Waals surface area contributed by atoms with Gasteiger partial charge in [0.05, 0.1) is 23.0 Å². The van der Waals surface area contributed by atoms with E-state index in [0.29, 0.717) is 11.6 Å². The number of carbonyl (C=O) groups is 1. The molecule has 26 heavy (non-hydrogen) atoms. The Labute approximate surface area is 151 Å². The van der Waals surface area contributed by atoms with Crippen LogP contribution in [0.5, 0.6) is 5.75 Å². The molecule has 6 nitrogen and oxygen atoms in total. The second-order valence-corrected chi connectivity index (χ2v) is 6.55. The number of aromatic amines is 1. The van der Waals surface area contributed by atoms with E-state index in [9.17, 15) is 4.79 Å². The lowest BCUT2D eigenvalue weighted by Crippen LogP contribution is -2.42. The Hall–Kier alpha value is -3.33. The molecule has 0 aliphatic carbocycles. The summed E-state index contributed by atoms with van der Waals surface area (Å²) in [5, 5.41) is 11.6. The summed E-state index contributed by atoms with van der Waals surface area (Å²) in [6.07, 6.45) is 0.216. The number of nitrogens with one attached hydrogen (secondary N) is 2. The summed E-state index contributed by atoms with van der Waals surface area (Å²) in [5.41, 5.74) is 1.99. The maximum absolute atomic E-state index is 12.5. The lowest BCUT2D eigenvalue weighted by molar-refractivity contribution is -0.122. The number of para-hydroxylation sites is 2. The van der Waals surface area contributed by atoms with E-state index in [-0.39, 0.29) is 18.9 Å². The number of imidazole rings is 1. The monoisotopic (exact) mass is 348 g/mol. The quantitative estimate of drug-likeness (QED) is 0.716. The summed E-state index contributed by atoms with van der Waals surface area (Å²) >= 11 is 0. The van der Waals surface area contributed by atoms with Gasteiger partial charge in [0.2, 0.25) is 5.91 Å². The Morgan fingerprint density at radius 1 is 1.27 bits per heavy atom. The maximum atomic E-state index is 12.5. The van der Waals surface area contributed by atoms with Crippen molar-refractivity contribution in [1.29, 1.82) is 5.26 Å². The molecule has 0 unspecified atom stereocenters. The van der Waals surface area contributed by atoms with Gasteiger partial charge in [-0.3, -0.25) is 4.79 Å². The Kier molecular flexibility index (Phi) is 4.90. The minimum atomic E-state index is -0.634. The number of rotatable bonds is 6. The van der Waals surface area contributed by atoms with Crippen LogP contribution in [0.1, 0.15) is 25.2 Å². The molecule has 2 aromatic carbocycles. The van der Waals surface area contributed by atoms with Gasteiger partial charge in [0.1, 0.15) is 17.6 Å². The van der Waals surface area contributed by atoms with E-state index >= 15 is 0 Å². The minimum Gasteiger partial charge on any atom is -0.479 e. The molecule has 0 saturated heterocycles. The molecule has 0 aliphatic rings. The van der Waals surface area contributed by atoms with Gasteiger partial charge in [-0.05, 0) is 43.7 Å². The molecule has 0 radical (unpaired) electrons. The van der Waals surface area contributed by atoms with E-state index in [0.717, 1.165) is 16.6 Å². The average molecular weight is 348 g/mol. The van der Waals surface area contributed by atoms with Crippen LogP contribution in [0.4, 0.5) is 0 Å². The first-order valence-electron chi connectivity index (χ1n) is 8.33. The Balaban J connectivity index is 1.69. The number of amides is 1. The normalized spacial score (nSPS) is 11.1. The zero-order chi connectivity index (χ0) is 18.6. The second-order valence-electron chi connectivity index (χ2n) is 6.55. The summed E-state index contributed by atoms with van der Waals surface area (Å²) in [5.74, 6) is 1.17. The Morgan fingerprint density at radius 3 is 2.85 bits per heavy atom. The number of ether oxygens (including phenoxy) is 1. The molecule has 0 bridgehead atoms. The fourth-order valence-electron chi connectivity index (χ4n) is 2.75. The highest BCUT2D eigenvalue weighted by molar-refractivity contribution is 5.80. The van der Waals surface area contributed by atoms with Gasteiger partial charge in [-0.25, -0.2) is 4.98 Å². The summed E-state index contributed by atoms with van der Waals surface area (Å²) in [7, 11) is 0. The fraction of sp³-hybridized carbons (Fsp3) is 0.250. The predicted octanol–water partition coefficient (Wildman–Crippen LogP) is 3.06. The number of nitriles is 1. The van der Waals surface area contributed by atoms with Crippen LogP contribution in [0.15, 0.2) is 48.5 Å². The first kappa shape index (κ1) is 17.5. The van der Waals surface area contributed by atoms with Gasteiger partial charge in [0, 0.05) is 0 Å². The van der Waals surface area contributed by atoms with Crippen molar-refractivity contribution < 1.29 is 9.53 Å². The lowest BCUT2D eigenvalue weighted by Gasteiger charge is -2.24. The van der Waals surface area contributed by atoms with E-state index in [1.54, 1.807) is 18.2 Å². The largest absolute Gasteiger partial charge is 0.479 e. The standard InChI is InChI=1S/C20H20N4O2/c1-20(2,19-22-16-8-3-4-9-17(16)23-19)24-18(25)13-14-6-5-7-15(12-14)26-11-10-21/h3-9,12H,11,13H2,1-2H3,(H,22,23)(H,24,25). The number of hydrogen-bond donors (Lipinski definition) is 2. The second kappa shape index (κ2) is 7.28. The van der Waals surface area contributed by atoms with Crippen molar-refractivity contribution in [3.8, 4) is 11.8 Å². The molecular weight excluding hydrogens is 328 g/mol. The Bertz CT molecular complexity index is 936. The van der Waals surface area contributed by atoms with Gasteiger partial charge in [-0.2, -0.15) is 5.26 Å². The highest BCUT2D eigenvalue weighted by Gasteiger charge is 2.26. The van der Waals surface area contributed by atoms with Gasteiger partial charge < -0.3 is 15.0 Å². The molecular formula is C20H20N4O2. The van der Waals surface area contributed by atoms with E-state index in [4.69, 9.17) is 10.00 Å². The molecule has 1 aromatic heterocycles. The molecule has 2 N–H and O–H groups in total. The number of aromatic nitrogens is 2. The van der Waals surface area contributed by atoms with Crippen molar-refractivity contribution in [2.75, 3.05) is 6.61 Å². The van der Waals surface area contributed by atoms with Crippen LogP contribution in [-0.2, 0) is 16.8 Å². The first-order valence-corrected chi connectivity index (χ1v) is 8.33. The number of H-pyrrole nitrogens is 1. The van der Waals surface area contributed by atoms with Crippen molar-refractivity contribution in [2.24, 2.45) is 0 Å². The summed E-state index contributed by atoms with van der Waals surface area (Å²) in [4.78, 5) is 20.3. The Morgan fingerprint density at radius 2 is 2.08 bits per heavy atom. The van der Waals surface area contributed by atoms with Crippen LogP contribution in [0.2, 0.25) is 0 Å². The smallest absolute Gasteiger partial charge is 0.225 e. The van der Waals surface area contributed by atoms with Crippen molar-refractivity contribution in [3.05, 3.63) is 59.9 Å². The van der Waals surface area contributed by atoms with Crippen LogP contribution in [0.25, 0.3) is 11.0 Å². The van der Waals surface area contributed by atoms with Gasteiger partial charge >= 0.3 is 0 Å². The van der Waals surface area contributed by atoms with Gasteiger partial charge in [0.25, 0.3) is 0 Å². The zero-order valence-corrected chi connectivity index (χ0v) is 14.7. The van der Waals surface area contributed by atoms with Gasteiger partial charge in [-0.15, -0.1) is 0 Å². The third-order valence-corrected chi connectivity index (χ3v) is 4.00. The van der Waals surface area contributed by atoms with E-state index in [2.05, 4.69) is 15.3 Å². The topological polar surface area (TPSA) is 90.8 Å².